The Kier molecular flexibility index (Phi) is 239. The van der Waals surface area contributed by atoms with E-state index in [4.69, 9.17) is 3.78 Å². The van der Waals surface area contributed by atoms with E-state index in [0.29, 0.717) is 0 Å². The third kappa shape index (κ3) is 13.9. The molecule has 4 heteroatoms. The van der Waals surface area contributed by atoms with Crippen LogP contribution in [0.5, 0.6) is 0 Å². The first-order valence-corrected chi connectivity index (χ1v) is 1.06. The van der Waals surface area contributed by atoms with Gasteiger partial charge in [-0.25, -0.2) is 0 Å². The summed E-state index contributed by atoms with van der Waals surface area (Å²) < 4.78 is 8.25. The molecule has 24 valence electrons. The Bertz CT molecular complexity index is 6.00. The van der Waals surface area contributed by atoms with E-state index in [0.717, 1.165) is 16.5 Å². The Labute approximate surface area is 43.2 Å². The molecule has 0 aliphatic heterocycles. The number of hydrogen-bond acceptors (Lipinski definition) is 1. The summed E-state index contributed by atoms with van der Waals surface area (Å²) in [5, 5.41) is 0. The van der Waals surface area contributed by atoms with Gasteiger partial charge in [-0.15, -0.1) is 0 Å². The average Bonchev–Trinajstić information content (AvgIpc) is 1.00. The number of rotatable bonds is 0. The molecular weight excluding hydrogens is 160 g/mol. The van der Waals surface area contributed by atoms with Gasteiger partial charge >= 0.3 is 37.3 Å². The third-order valence-corrected chi connectivity index (χ3v) is 0. The molecule has 0 spiro atoms. The van der Waals surface area contributed by atoms with E-state index in [9.17, 15) is 0 Å². The first kappa shape index (κ1) is 21.2. The summed E-state index contributed by atoms with van der Waals surface area (Å²) in [5.41, 5.74) is 0. The van der Waals surface area contributed by atoms with Crippen LogP contribution in [0.15, 0.2) is 0 Å². The molecule has 0 aliphatic carbocycles. The molecule has 0 saturated heterocycles. The Morgan fingerprint density at radius 2 is 1.25 bits per heavy atom. The molecule has 0 bridgehead atoms. The van der Waals surface area contributed by atoms with Crippen molar-refractivity contribution in [2.24, 2.45) is 0 Å². The van der Waals surface area contributed by atoms with Crippen molar-refractivity contribution in [2.45, 2.75) is 0 Å². The van der Waals surface area contributed by atoms with E-state index in [1.54, 1.807) is 0 Å². The molecule has 0 unspecified atom stereocenters. The van der Waals surface area contributed by atoms with Gasteiger partial charge in [0.2, 0.25) is 0 Å². The van der Waals surface area contributed by atoms with E-state index >= 15 is 0 Å². The maximum absolute atomic E-state index is 8.25. The van der Waals surface area contributed by atoms with Crippen molar-refractivity contribution in [3.63, 3.8) is 0 Å². The average molecular weight is 160 g/mol. The second-order valence-corrected chi connectivity index (χ2v) is 0. The fourth-order valence-electron chi connectivity index (χ4n) is 0. The predicted octanol–water partition coefficient (Wildman–Crippen LogP) is -0.621. The van der Waals surface area contributed by atoms with E-state index in [1.807, 2.05) is 0 Å². The molecule has 0 heterocycles. The standard InChI is InChI=1S/Fe.GeO.O/c;1-2;/q+2;;-2. The van der Waals surface area contributed by atoms with Crippen molar-refractivity contribution >= 4 is 16.5 Å². The fourth-order valence-corrected chi connectivity index (χ4v) is 0. The van der Waals surface area contributed by atoms with E-state index < -0.39 is 0 Å². The summed E-state index contributed by atoms with van der Waals surface area (Å²) in [7, 11) is 0. The maximum atomic E-state index is 8.25. The molecule has 0 rings (SSSR count). The van der Waals surface area contributed by atoms with Crippen LogP contribution in [0.2, 0.25) is 0 Å². The SMILES string of the molecule is [Fe+2].[O-2].[O]=[Ge]. The van der Waals surface area contributed by atoms with Crippen molar-refractivity contribution in [3.8, 4) is 0 Å². The molecule has 2 nitrogen and oxygen atoms in total. The topological polar surface area (TPSA) is 45.6 Å². The van der Waals surface area contributed by atoms with Gasteiger partial charge in [-0.2, -0.15) is 0 Å². The van der Waals surface area contributed by atoms with Crippen LogP contribution >= 0.6 is 0 Å². The Morgan fingerprint density at radius 1 is 1.25 bits per heavy atom. The zero-order chi connectivity index (χ0) is 2.00. The zero-order valence-electron chi connectivity index (χ0n) is 1.67. The molecule has 0 fully saturated rings. The van der Waals surface area contributed by atoms with Crippen molar-refractivity contribution in [3.05, 3.63) is 0 Å². The van der Waals surface area contributed by atoms with Crippen LogP contribution in [-0.4, -0.2) is 16.5 Å². The second kappa shape index (κ2) is 45.0. The van der Waals surface area contributed by atoms with Crippen molar-refractivity contribution < 1.29 is 26.3 Å². The van der Waals surface area contributed by atoms with Crippen LogP contribution in [0.25, 0.3) is 0 Å². The first-order chi connectivity index (χ1) is 1.00. The van der Waals surface area contributed by atoms with Crippen molar-refractivity contribution in [1.82, 2.24) is 0 Å². The monoisotopic (exact) mass is 162 g/mol. The summed E-state index contributed by atoms with van der Waals surface area (Å²) in [6, 6.07) is 0. The van der Waals surface area contributed by atoms with Crippen molar-refractivity contribution in [2.75, 3.05) is 0 Å². The summed E-state index contributed by atoms with van der Waals surface area (Å²) in [4.78, 5) is 0. The first-order valence-electron chi connectivity index (χ1n) is 0.204. The van der Waals surface area contributed by atoms with Crippen LogP contribution in [0.4, 0.5) is 0 Å². The molecular formula is FeGeO2. The van der Waals surface area contributed by atoms with Gasteiger partial charge < -0.3 is 5.48 Å². The summed E-state index contributed by atoms with van der Waals surface area (Å²) in [5.74, 6) is 0. The molecule has 0 aromatic rings. The van der Waals surface area contributed by atoms with Crippen LogP contribution in [-0.2, 0) is 26.3 Å². The third-order valence-electron chi connectivity index (χ3n) is 0. The van der Waals surface area contributed by atoms with Crippen LogP contribution < -0.4 is 0 Å². The van der Waals surface area contributed by atoms with E-state index in [1.165, 1.54) is 0 Å². The van der Waals surface area contributed by atoms with Crippen LogP contribution in [0.1, 0.15) is 0 Å². The Balaban J connectivity index is -0.00000000500. The van der Waals surface area contributed by atoms with Gasteiger partial charge in [0.05, 0.1) is 0 Å². The molecule has 0 N–H and O–H groups in total. The molecule has 0 atom stereocenters. The van der Waals surface area contributed by atoms with Gasteiger partial charge in [0.15, 0.2) is 0 Å². The molecule has 0 aromatic carbocycles. The van der Waals surface area contributed by atoms with Gasteiger partial charge in [-0.05, 0) is 0 Å². The Hall–Kier alpha value is 0.822. The van der Waals surface area contributed by atoms with Gasteiger partial charge in [-0.1, -0.05) is 0 Å². The quantitative estimate of drug-likeness (QED) is 0.436. The van der Waals surface area contributed by atoms with Gasteiger partial charge in [0.25, 0.3) is 0 Å². The van der Waals surface area contributed by atoms with Crippen molar-refractivity contribution in [1.29, 1.82) is 0 Å². The van der Waals surface area contributed by atoms with E-state index in [2.05, 4.69) is 0 Å². The van der Waals surface area contributed by atoms with Crippen LogP contribution in [0.3, 0.4) is 0 Å². The minimum absolute atomic E-state index is 0. The molecule has 2 radical (unpaired) electrons. The van der Waals surface area contributed by atoms with Gasteiger partial charge in [0.1, 0.15) is 0 Å². The van der Waals surface area contributed by atoms with Crippen LogP contribution in [0, 0.1) is 0 Å². The second-order valence-electron chi connectivity index (χ2n) is 0. The minimum atomic E-state index is 0. The fraction of sp³-hybridized carbons (Fsp3) is 0. The predicted molar refractivity (Wildman–Crippen MR) is 7.13 cm³/mol. The van der Waals surface area contributed by atoms with Gasteiger partial charge in [0, 0.05) is 0 Å². The molecule has 0 amide bonds. The molecule has 0 saturated carbocycles. The molecule has 4 heavy (non-hydrogen) atoms. The summed E-state index contributed by atoms with van der Waals surface area (Å²) in [6.45, 7) is 0. The summed E-state index contributed by atoms with van der Waals surface area (Å²) >= 11 is 0.750. The molecule has 0 aromatic heterocycles. The molecule has 0 aliphatic rings. The zero-order valence-corrected chi connectivity index (χ0v) is 4.87. The number of hydrogen-bond donors (Lipinski definition) is 0. The summed E-state index contributed by atoms with van der Waals surface area (Å²) in [6.07, 6.45) is 0. The Morgan fingerprint density at radius 3 is 1.25 bits per heavy atom. The normalized spacial score (nSPS) is 1.00. The van der Waals surface area contributed by atoms with Gasteiger partial charge in [-0.3, -0.25) is 0 Å². The van der Waals surface area contributed by atoms with E-state index in [-0.39, 0.29) is 22.5 Å².